The van der Waals surface area contributed by atoms with Crippen molar-refractivity contribution in [3.05, 3.63) is 112 Å². The number of rotatable bonds is 11. The molecule has 40 heavy (non-hydrogen) atoms. The van der Waals surface area contributed by atoms with Gasteiger partial charge in [0.05, 0.1) is 6.54 Å². The van der Waals surface area contributed by atoms with E-state index in [-0.39, 0.29) is 41.4 Å². The first-order valence-electron chi connectivity index (χ1n) is 12.2. The second kappa shape index (κ2) is 12.5. The number of carboxylic acid groups (broad SMARTS) is 2. The Bertz CT molecular complexity index is 1520. The van der Waals surface area contributed by atoms with Crippen LogP contribution in [0.15, 0.2) is 78.9 Å². The van der Waals surface area contributed by atoms with Gasteiger partial charge in [0, 0.05) is 29.1 Å². The second-order valence-electron chi connectivity index (χ2n) is 9.14. The van der Waals surface area contributed by atoms with Gasteiger partial charge in [0.15, 0.2) is 11.8 Å². The van der Waals surface area contributed by atoms with E-state index in [0.717, 1.165) is 33.5 Å². The number of aromatic carboxylic acids is 1. The third kappa shape index (κ3) is 7.10. The number of benzene rings is 3. The molecule has 206 valence electrons. The number of aromatic nitrogens is 2. The van der Waals surface area contributed by atoms with Crippen LogP contribution in [-0.4, -0.2) is 55.1 Å². The van der Waals surface area contributed by atoms with Crippen molar-refractivity contribution in [1.82, 2.24) is 15.1 Å². The standard InChI is InChI=1S/C29H25ClFN3O6/c30-21-11-10-20(23(31)13-21)16-34-25(28(37)38)15-24(33-34)27(36)32-22(14-26(35)29(39)40)12-17-6-8-19(9-7-17)18-4-2-1-3-5-18/h1-11,13,15,22,26,35H,12,14,16H2,(H,32,36)(H,37,38)(H,39,40)/t22-,26?/m1/s1. The summed E-state index contributed by atoms with van der Waals surface area (Å²) in [5.41, 5.74) is 2.27. The quantitative estimate of drug-likeness (QED) is 0.213. The molecule has 4 rings (SSSR count). The lowest BCUT2D eigenvalue weighted by molar-refractivity contribution is -0.147. The highest BCUT2D eigenvalue weighted by molar-refractivity contribution is 6.30. The minimum Gasteiger partial charge on any atom is -0.479 e. The zero-order valence-corrected chi connectivity index (χ0v) is 21.8. The number of aliphatic hydroxyl groups is 1. The van der Waals surface area contributed by atoms with Crippen molar-refractivity contribution >= 4 is 29.4 Å². The van der Waals surface area contributed by atoms with Crippen molar-refractivity contribution in [2.24, 2.45) is 0 Å². The third-order valence-electron chi connectivity index (χ3n) is 6.24. The molecule has 1 amide bonds. The summed E-state index contributed by atoms with van der Waals surface area (Å²) in [6.45, 7) is -0.271. The first-order valence-corrected chi connectivity index (χ1v) is 12.6. The normalized spacial score (nSPS) is 12.5. The molecule has 0 aliphatic rings. The number of hydrogen-bond donors (Lipinski definition) is 4. The van der Waals surface area contributed by atoms with E-state index in [9.17, 15) is 34.1 Å². The summed E-state index contributed by atoms with van der Waals surface area (Å²) in [6, 6.07) is 21.3. The van der Waals surface area contributed by atoms with E-state index in [2.05, 4.69) is 10.4 Å². The largest absolute Gasteiger partial charge is 0.479 e. The Morgan fingerprint density at radius 2 is 1.62 bits per heavy atom. The maximum atomic E-state index is 14.3. The van der Waals surface area contributed by atoms with E-state index in [4.69, 9.17) is 11.6 Å². The van der Waals surface area contributed by atoms with Crippen LogP contribution in [0.5, 0.6) is 0 Å². The van der Waals surface area contributed by atoms with Gasteiger partial charge < -0.3 is 20.6 Å². The summed E-state index contributed by atoms with van der Waals surface area (Å²) < 4.78 is 15.3. The van der Waals surface area contributed by atoms with Crippen LogP contribution >= 0.6 is 11.6 Å². The van der Waals surface area contributed by atoms with Gasteiger partial charge in [-0.1, -0.05) is 72.3 Å². The Hall–Kier alpha value is -4.54. The molecule has 0 aliphatic carbocycles. The molecular formula is C29H25ClFN3O6. The van der Waals surface area contributed by atoms with E-state index in [0.29, 0.717) is 0 Å². The number of aliphatic carboxylic acids is 1. The predicted octanol–water partition coefficient (Wildman–Crippen LogP) is 4.27. The summed E-state index contributed by atoms with van der Waals surface area (Å²) in [6.07, 6.45) is -1.86. The number of nitrogens with zero attached hydrogens (tertiary/aromatic N) is 2. The number of amides is 1. The molecule has 0 saturated carbocycles. The average Bonchev–Trinajstić information content (AvgIpc) is 3.35. The molecular weight excluding hydrogens is 541 g/mol. The van der Waals surface area contributed by atoms with Crippen LogP contribution in [0.1, 0.15) is 38.5 Å². The number of hydrogen-bond acceptors (Lipinski definition) is 5. The van der Waals surface area contributed by atoms with Gasteiger partial charge in [0.25, 0.3) is 5.91 Å². The fourth-order valence-electron chi connectivity index (χ4n) is 4.20. The van der Waals surface area contributed by atoms with E-state index in [1.165, 1.54) is 12.1 Å². The maximum absolute atomic E-state index is 14.3. The van der Waals surface area contributed by atoms with Gasteiger partial charge in [0.1, 0.15) is 11.5 Å². The SMILES string of the molecule is O=C(N[C@H](Cc1ccc(-c2ccccc2)cc1)CC(O)C(=O)O)c1cc(C(=O)O)n(Cc2ccc(Cl)cc2F)n1. The lowest BCUT2D eigenvalue weighted by Gasteiger charge is -2.20. The smallest absolute Gasteiger partial charge is 0.354 e. The number of carbonyl (C=O) groups is 3. The highest BCUT2D eigenvalue weighted by atomic mass is 35.5. The molecule has 0 bridgehead atoms. The average molecular weight is 566 g/mol. The van der Waals surface area contributed by atoms with Gasteiger partial charge in [-0.15, -0.1) is 0 Å². The summed E-state index contributed by atoms with van der Waals surface area (Å²) in [5, 5.41) is 35.7. The summed E-state index contributed by atoms with van der Waals surface area (Å²) >= 11 is 5.78. The van der Waals surface area contributed by atoms with Crippen LogP contribution in [0.25, 0.3) is 11.1 Å². The maximum Gasteiger partial charge on any atom is 0.354 e. The van der Waals surface area contributed by atoms with Crippen molar-refractivity contribution < 1.29 is 34.1 Å². The first-order chi connectivity index (χ1) is 19.1. The zero-order valence-electron chi connectivity index (χ0n) is 21.0. The van der Waals surface area contributed by atoms with Crippen molar-refractivity contribution in [2.75, 3.05) is 0 Å². The molecule has 0 fully saturated rings. The number of halogens is 2. The minimum atomic E-state index is -1.74. The molecule has 4 aromatic rings. The van der Waals surface area contributed by atoms with Gasteiger partial charge >= 0.3 is 11.9 Å². The molecule has 2 atom stereocenters. The van der Waals surface area contributed by atoms with Gasteiger partial charge in [-0.25, -0.2) is 14.0 Å². The Morgan fingerprint density at radius 3 is 2.25 bits per heavy atom. The molecule has 0 aliphatic heterocycles. The summed E-state index contributed by atoms with van der Waals surface area (Å²) in [5.74, 6) is -4.26. The second-order valence-corrected chi connectivity index (χ2v) is 9.58. The third-order valence-corrected chi connectivity index (χ3v) is 6.47. The fourth-order valence-corrected chi connectivity index (χ4v) is 4.36. The summed E-state index contributed by atoms with van der Waals surface area (Å²) in [7, 11) is 0. The Kier molecular flexibility index (Phi) is 8.93. The lowest BCUT2D eigenvalue weighted by atomic mass is 9.97. The molecule has 0 saturated heterocycles. The Morgan fingerprint density at radius 1 is 0.950 bits per heavy atom. The van der Waals surface area contributed by atoms with Crippen molar-refractivity contribution in [2.45, 2.75) is 31.5 Å². The van der Waals surface area contributed by atoms with Crippen LogP contribution in [0.2, 0.25) is 5.02 Å². The van der Waals surface area contributed by atoms with Crippen molar-refractivity contribution in [1.29, 1.82) is 0 Å². The van der Waals surface area contributed by atoms with E-state index in [1.807, 2.05) is 54.6 Å². The van der Waals surface area contributed by atoms with Gasteiger partial charge in [-0.05, 0) is 35.2 Å². The number of carboxylic acids is 2. The molecule has 1 heterocycles. The van der Waals surface area contributed by atoms with Crippen LogP contribution < -0.4 is 5.32 Å². The highest BCUT2D eigenvalue weighted by Crippen LogP contribution is 2.21. The van der Waals surface area contributed by atoms with E-state index < -0.39 is 35.8 Å². The molecule has 0 radical (unpaired) electrons. The Balaban J connectivity index is 1.54. The number of carbonyl (C=O) groups excluding carboxylic acids is 1. The van der Waals surface area contributed by atoms with Gasteiger partial charge in [0.2, 0.25) is 0 Å². The monoisotopic (exact) mass is 565 g/mol. The number of aliphatic hydroxyl groups excluding tert-OH is 1. The van der Waals surface area contributed by atoms with Crippen LogP contribution in [0.3, 0.4) is 0 Å². The van der Waals surface area contributed by atoms with Crippen LogP contribution in [0, 0.1) is 5.82 Å². The zero-order chi connectivity index (χ0) is 28.8. The molecule has 1 aromatic heterocycles. The molecule has 11 heteroatoms. The molecule has 0 spiro atoms. The molecule has 9 nitrogen and oxygen atoms in total. The highest BCUT2D eigenvalue weighted by Gasteiger charge is 2.25. The van der Waals surface area contributed by atoms with Gasteiger partial charge in [-0.2, -0.15) is 5.10 Å². The predicted molar refractivity (Wildman–Crippen MR) is 145 cm³/mol. The summed E-state index contributed by atoms with van der Waals surface area (Å²) in [4.78, 5) is 36.2. The molecule has 3 aromatic carbocycles. The first kappa shape index (κ1) is 28.5. The fraction of sp³-hybridized carbons (Fsp3) is 0.172. The lowest BCUT2D eigenvalue weighted by Crippen LogP contribution is -2.40. The molecule has 1 unspecified atom stereocenters. The topological polar surface area (TPSA) is 142 Å². The number of nitrogens with one attached hydrogen (secondary N) is 1. The van der Waals surface area contributed by atoms with Crippen LogP contribution in [0.4, 0.5) is 4.39 Å². The van der Waals surface area contributed by atoms with E-state index >= 15 is 0 Å². The Labute approximate surface area is 233 Å². The van der Waals surface area contributed by atoms with E-state index in [1.54, 1.807) is 0 Å². The van der Waals surface area contributed by atoms with Gasteiger partial charge in [-0.3, -0.25) is 9.48 Å². The minimum absolute atomic E-state index is 0.114. The van der Waals surface area contributed by atoms with Crippen LogP contribution in [-0.2, 0) is 17.8 Å². The van der Waals surface area contributed by atoms with Crippen molar-refractivity contribution in [3.63, 3.8) is 0 Å². The van der Waals surface area contributed by atoms with Crippen molar-refractivity contribution in [3.8, 4) is 11.1 Å². The molecule has 4 N–H and O–H groups in total.